The molecule has 0 atom stereocenters. The lowest BCUT2D eigenvalue weighted by molar-refractivity contribution is -0.157. The zero-order valence-corrected chi connectivity index (χ0v) is 9.52. The van der Waals surface area contributed by atoms with Crippen LogP contribution in [0.5, 0.6) is 0 Å². The zero-order chi connectivity index (χ0) is 11.5. The number of hydrogen-bond donors (Lipinski definition) is 0. The summed E-state index contributed by atoms with van der Waals surface area (Å²) in [5.74, 6) is -0.682. The van der Waals surface area contributed by atoms with Gasteiger partial charge in [0.15, 0.2) is 0 Å². The topological polar surface area (TPSA) is 40.6 Å². The van der Waals surface area contributed by atoms with Gasteiger partial charge in [0.05, 0.1) is 0 Å². The van der Waals surface area contributed by atoms with Crippen molar-refractivity contribution in [2.75, 3.05) is 19.6 Å². The smallest absolute Gasteiger partial charge is 0.312 e. The van der Waals surface area contributed by atoms with Gasteiger partial charge in [-0.05, 0) is 12.8 Å². The molecule has 4 heteroatoms. The second-order valence-corrected chi connectivity index (χ2v) is 4.48. The highest BCUT2D eigenvalue weighted by Gasteiger charge is 2.36. The number of carbonyl (C=O) groups excluding carboxylic acids is 2. The van der Waals surface area contributed by atoms with E-state index in [2.05, 4.69) is 6.58 Å². The van der Waals surface area contributed by atoms with Crippen LogP contribution >= 0.6 is 0 Å². The quantitative estimate of drug-likeness (QED) is 0.523. The Morgan fingerprint density at radius 2 is 1.88 bits per heavy atom. The van der Waals surface area contributed by atoms with Crippen LogP contribution in [0.3, 0.4) is 0 Å². The van der Waals surface area contributed by atoms with E-state index in [1.807, 2.05) is 0 Å². The average molecular weight is 222 g/mol. The Bertz CT molecular complexity index is 308. The summed E-state index contributed by atoms with van der Waals surface area (Å²) in [6.45, 7) is 5.40. The molecule has 1 heterocycles. The molecule has 0 aromatic heterocycles. The highest BCUT2D eigenvalue weighted by Crippen LogP contribution is 2.25. The van der Waals surface area contributed by atoms with Gasteiger partial charge < -0.3 is 9.80 Å². The lowest BCUT2D eigenvalue weighted by Crippen LogP contribution is -2.56. The molecule has 2 amide bonds. The average Bonchev–Trinajstić information content (AvgIpc) is 2.79. The largest absolute Gasteiger partial charge is 0.330 e. The highest BCUT2D eigenvalue weighted by molar-refractivity contribution is 6.35. The van der Waals surface area contributed by atoms with Crippen molar-refractivity contribution in [3.05, 3.63) is 12.7 Å². The third-order valence-electron chi connectivity index (χ3n) is 3.46. The van der Waals surface area contributed by atoms with Gasteiger partial charge >= 0.3 is 11.8 Å². The van der Waals surface area contributed by atoms with Gasteiger partial charge in [0.2, 0.25) is 0 Å². The van der Waals surface area contributed by atoms with Crippen molar-refractivity contribution in [3.8, 4) is 0 Å². The molecular weight excluding hydrogens is 204 g/mol. The Labute approximate surface area is 95.9 Å². The Morgan fingerprint density at radius 1 is 1.19 bits per heavy atom. The molecule has 2 aliphatic rings. The first-order valence-corrected chi connectivity index (χ1v) is 5.95. The molecule has 1 saturated heterocycles. The molecule has 2 rings (SSSR count). The highest BCUT2D eigenvalue weighted by atomic mass is 16.2. The van der Waals surface area contributed by atoms with E-state index in [0.29, 0.717) is 25.7 Å². The number of carbonyl (C=O) groups is 2. The molecule has 0 N–H and O–H groups in total. The monoisotopic (exact) mass is 222 g/mol. The van der Waals surface area contributed by atoms with Crippen molar-refractivity contribution in [3.63, 3.8) is 0 Å². The fraction of sp³-hybridized carbons (Fsp3) is 0.667. The molecule has 0 unspecified atom stereocenters. The first-order valence-electron chi connectivity index (χ1n) is 5.95. The maximum Gasteiger partial charge on any atom is 0.312 e. The predicted octanol–water partition coefficient (Wildman–Crippen LogP) is 0.786. The van der Waals surface area contributed by atoms with Crippen LogP contribution in [0.1, 0.15) is 25.7 Å². The molecule has 2 fully saturated rings. The minimum atomic E-state index is -0.363. The molecule has 0 radical (unpaired) electrons. The third kappa shape index (κ3) is 1.96. The molecule has 1 aliphatic heterocycles. The summed E-state index contributed by atoms with van der Waals surface area (Å²) in [5.41, 5.74) is 0. The third-order valence-corrected chi connectivity index (χ3v) is 3.46. The predicted molar refractivity (Wildman–Crippen MR) is 60.7 cm³/mol. The molecular formula is C12H18N2O2. The summed E-state index contributed by atoms with van der Waals surface area (Å²) in [6.07, 6.45) is 6.13. The van der Waals surface area contributed by atoms with Crippen LogP contribution in [-0.4, -0.2) is 47.3 Å². The molecule has 0 aromatic rings. The van der Waals surface area contributed by atoms with Crippen molar-refractivity contribution in [2.45, 2.75) is 31.7 Å². The summed E-state index contributed by atoms with van der Waals surface area (Å²) in [7, 11) is 0. The number of hydrogen-bond acceptors (Lipinski definition) is 2. The number of amides is 2. The fourth-order valence-electron chi connectivity index (χ4n) is 2.58. The fourth-order valence-corrected chi connectivity index (χ4v) is 2.58. The second kappa shape index (κ2) is 4.68. The maximum absolute atomic E-state index is 11.9. The van der Waals surface area contributed by atoms with Crippen LogP contribution in [-0.2, 0) is 9.59 Å². The van der Waals surface area contributed by atoms with E-state index in [0.717, 1.165) is 12.8 Å². The zero-order valence-electron chi connectivity index (χ0n) is 9.52. The second-order valence-electron chi connectivity index (χ2n) is 4.48. The van der Waals surface area contributed by atoms with E-state index >= 15 is 0 Å². The van der Waals surface area contributed by atoms with Gasteiger partial charge in [-0.2, -0.15) is 0 Å². The molecule has 4 nitrogen and oxygen atoms in total. The Morgan fingerprint density at radius 3 is 2.50 bits per heavy atom. The van der Waals surface area contributed by atoms with E-state index in [1.54, 1.807) is 15.9 Å². The van der Waals surface area contributed by atoms with Crippen LogP contribution in [0.2, 0.25) is 0 Å². The van der Waals surface area contributed by atoms with Gasteiger partial charge in [0.25, 0.3) is 0 Å². The van der Waals surface area contributed by atoms with E-state index in [4.69, 9.17) is 0 Å². The van der Waals surface area contributed by atoms with E-state index in [1.165, 1.54) is 12.8 Å². The standard InChI is InChI=1S/C12H18N2O2/c1-2-7-13-8-9-14(12(16)11(13)15)10-5-3-4-6-10/h2,10H,1,3-9H2. The normalized spacial score (nSPS) is 23.0. The summed E-state index contributed by atoms with van der Waals surface area (Å²) in [4.78, 5) is 27.0. The minimum Gasteiger partial charge on any atom is -0.330 e. The first-order chi connectivity index (χ1) is 7.74. The van der Waals surface area contributed by atoms with Crippen LogP contribution < -0.4 is 0 Å². The van der Waals surface area contributed by atoms with Gasteiger partial charge in [0, 0.05) is 25.7 Å². The molecule has 0 bridgehead atoms. The summed E-state index contributed by atoms with van der Waals surface area (Å²) in [5, 5.41) is 0. The molecule has 1 aliphatic carbocycles. The van der Waals surface area contributed by atoms with E-state index < -0.39 is 0 Å². The van der Waals surface area contributed by atoms with Crippen LogP contribution in [0.25, 0.3) is 0 Å². The van der Waals surface area contributed by atoms with Crippen molar-refractivity contribution >= 4 is 11.8 Å². The lowest BCUT2D eigenvalue weighted by Gasteiger charge is -2.36. The van der Waals surface area contributed by atoms with Crippen LogP contribution in [0, 0.1) is 0 Å². The molecule has 0 aromatic carbocycles. The number of piperazine rings is 1. The minimum absolute atomic E-state index is 0.308. The Kier molecular flexibility index (Phi) is 3.27. The summed E-state index contributed by atoms with van der Waals surface area (Å²) >= 11 is 0. The van der Waals surface area contributed by atoms with Crippen molar-refractivity contribution in [1.82, 2.24) is 9.80 Å². The van der Waals surface area contributed by atoms with Crippen molar-refractivity contribution in [1.29, 1.82) is 0 Å². The summed E-state index contributed by atoms with van der Waals surface area (Å²) in [6, 6.07) is 0.308. The van der Waals surface area contributed by atoms with Gasteiger partial charge in [-0.15, -0.1) is 6.58 Å². The summed E-state index contributed by atoms with van der Waals surface area (Å²) < 4.78 is 0. The Hall–Kier alpha value is -1.32. The SMILES string of the molecule is C=CCN1CCN(C2CCCC2)C(=O)C1=O. The number of nitrogens with zero attached hydrogens (tertiary/aromatic N) is 2. The van der Waals surface area contributed by atoms with Gasteiger partial charge in [-0.3, -0.25) is 9.59 Å². The maximum atomic E-state index is 11.9. The van der Waals surface area contributed by atoms with E-state index in [9.17, 15) is 9.59 Å². The first kappa shape index (κ1) is 11.2. The lowest BCUT2D eigenvalue weighted by atomic mass is 10.1. The van der Waals surface area contributed by atoms with Crippen LogP contribution in [0.4, 0.5) is 0 Å². The molecule has 1 saturated carbocycles. The Balaban J connectivity index is 2.01. The van der Waals surface area contributed by atoms with Gasteiger partial charge in [-0.25, -0.2) is 0 Å². The van der Waals surface area contributed by atoms with Crippen LogP contribution in [0.15, 0.2) is 12.7 Å². The van der Waals surface area contributed by atoms with Crippen molar-refractivity contribution < 1.29 is 9.59 Å². The number of rotatable bonds is 3. The van der Waals surface area contributed by atoms with Crippen molar-refractivity contribution in [2.24, 2.45) is 0 Å². The van der Waals surface area contributed by atoms with E-state index in [-0.39, 0.29) is 11.8 Å². The van der Waals surface area contributed by atoms with Gasteiger partial charge in [0.1, 0.15) is 0 Å². The molecule has 0 spiro atoms. The van der Waals surface area contributed by atoms with Gasteiger partial charge in [-0.1, -0.05) is 18.9 Å². The molecule has 88 valence electrons. The molecule has 16 heavy (non-hydrogen) atoms.